The van der Waals surface area contributed by atoms with Gasteiger partial charge in [0.25, 0.3) is 0 Å². The van der Waals surface area contributed by atoms with E-state index in [9.17, 15) is 4.79 Å². The third-order valence-corrected chi connectivity index (χ3v) is 4.94. The van der Waals surface area contributed by atoms with Crippen LogP contribution in [0.15, 0.2) is 30.3 Å². The number of ether oxygens (including phenoxy) is 3. The molecule has 2 aliphatic rings. The maximum atomic E-state index is 13.1. The maximum Gasteiger partial charge on any atom is 0.412 e. The topological polar surface area (TPSA) is 51.2 Å². The van der Waals surface area contributed by atoms with Crippen molar-refractivity contribution in [3.63, 3.8) is 0 Å². The van der Waals surface area contributed by atoms with Crippen LogP contribution in [-0.4, -0.2) is 66.1 Å². The minimum absolute atomic E-state index is 0.129. The molecule has 3 rings (SSSR count). The molecule has 6 heteroatoms. The van der Waals surface area contributed by atoms with Gasteiger partial charge in [-0.15, -0.1) is 0 Å². The zero-order chi connectivity index (χ0) is 19.7. The molecule has 0 aromatic heterocycles. The zero-order valence-electron chi connectivity index (χ0n) is 17.1. The highest BCUT2D eigenvalue weighted by molar-refractivity contribution is 5.70. The van der Waals surface area contributed by atoms with Gasteiger partial charge in [-0.05, 0) is 40.2 Å². The molecule has 1 aromatic carbocycles. The van der Waals surface area contributed by atoms with Gasteiger partial charge in [0.1, 0.15) is 17.4 Å². The van der Waals surface area contributed by atoms with Crippen LogP contribution in [0, 0.1) is 0 Å². The Labute approximate surface area is 162 Å². The number of nitrogens with zero attached hydrogens (tertiary/aromatic N) is 2. The van der Waals surface area contributed by atoms with Crippen molar-refractivity contribution in [3.8, 4) is 0 Å². The molecule has 2 fully saturated rings. The molecule has 0 spiro atoms. The summed E-state index contributed by atoms with van der Waals surface area (Å²) in [4.78, 5) is 17.2. The van der Waals surface area contributed by atoms with E-state index in [-0.39, 0.29) is 18.2 Å². The summed E-state index contributed by atoms with van der Waals surface area (Å²) in [7, 11) is 0. The molecule has 27 heavy (non-hydrogen) atoms. The van der Waals surface area contributed by atoms with E-state index < -0.39 is 11.3 Å². The molecular formula is C21H32N2O4. The highest BCUT2D eigenvalue weighted by Gasteiger charge is 2.52. The van der Waals surface area contributed by atoms with Crippen LogP contribution in [0.4, 0.5) is 4.79 Å². The minimum Gasteiger partial charge on any atom is -0.444 e. The summed E-state index contributed by atoms with van der Waals surface area (Å²) in [5.74, 6) is 0. The van der Waals surface area contributed by atoms with Crippen molar-refractivity contribution in [1.82, 2.24) is 9.80 Å². The first kappa shape index (κ1) is 20.1. The van der Waals surface area contributed by atoms with E-state index in [0.29, 0.717) is 0 Å². The number of carbonyl (C=O) groups excluding carboxylic acids is 1. The number of benzene rings is 1. The fraction of sp³-hybridized carbons (Fsp3) is 0.667. The number of carbonyl (C=O) groups is 1. The van der Waals surface area contributed by atoms with Gasteiger partial charge in [-0.25, -0.2) is 4.79 Å². The second-order valence-electron chi connectivity index (χ2n) is 8.73. The van der Waals surface area contributed by atoms with E-state index in [4.69, 9.17) is 14.2 Å². The van der Waals surface area contributed by atoms with E-state index in [2.05, 4.69) is 17.0 Å². The lowest BCUT2D eigenvalue weighted by Gasteiger charge is -2.37. The lowest BCUT2D eigenvalue weighted by molar-refractivity contribution is -0.0799. The van der Waals surface area contributed by atoms with Crippen LogP contribution in [0.5, 0.6) is 0 Å². The Hall–Kier alpha value is -1.63. The van der Waals surface area contributed by atoms with E-state index >= 15 is 0 Å². The minimum atomic E-state index is -0.750. The molecule has 2 heterocycles. The van der Waals surface area contributed by atoms with E-state index in [0.717, 1.165) is 38.4 Å². The lowest BCUT2D eigenvalue weighted by Crippen LogP contribution is -2.54. The van der Waals surface area contributed by atoms with Crippen LogP contribution in [0.1, 0.15) is 46.3 Å². The Kier molecular flexibility index (Phi) is 5.79. The lowest BCUT2D eigenvalue weighted by atomic mass is 10.0. The first-order valence-electron chi connectivity index (χ1n) is 9.72. The Morgan fingerprint density at radius 3 is 2.41 bits per heavy atom. The van der Waals surface area contributed by atoms with Crippen LogP contribution in [-0.2, 0) is 14.2 Å². The van der Waals surface area contributed by atoms with Gasteiger partial charge in [-0.2, -0.15) is 0 Å². The van der Waals surface area contributed by atoms with Crippen molar-refractivity contribution < 1.29 is 19.0 Å². The van der Waals surface area contributed by atoms with Crippen LogP contribution in [0.3, 0.4) is 0 Å². The molecule has 0 bridgehead atoms. The number of rotatable bonds is 3. The average Bonchev–Trinajstić information content (AvgIpc) is 2.85. The van der Waals surface area contributed by atoms with Gasteiger partial charge < -0.3 is 14.2 Å². The van der Waals surface area contributed by atoms with E-state index in [1.165, 1.54) is 0 Å². The summed E-state index contributed by atoms with van der Waals surface area (Å²) in [6.45, 7) is 13.4. The number of hydrogen-bond acceptors (Lipinski definition) is 5. The number of amides is 1. The summed E-state index contributed by atoms with van der Waals surface area (Å²) in [6, 6.07) is 10.0. The largest absolute Gasteiger partial charge is 0.444 e. The molecule has 0 radical (unpaired) electrons. The SMILES string of the molecule is CC(C)(C)OC(=O)N1[C@@H](CN2CCOCC2)[C@H](c2ccccc2)OC1(C)C. The fourth-order valence-corrected chi connectivity index (χ4v) is 3.81. The van der Waals surface area contributed by atoms with Gasteiger partial charge >= 0.3 is 6.09 Å². The molecule has 1 amide bonds. The maximum absolute atomic E-state index is 13.1. The summed E-state index contributed by atoms with van der Waals surface area (Å²) in [5.41, 5.74) is -0.226. The Balaban J connectivity index is 1.90. The van der Waals surface area contributed by atoms with Crippen molar-refractivity contribution >= 4 is 6.09 Å². The summed E-state index contributed by atoms with van der Waals surface area (Å²) < 4.78 is 17.6. The van der Waals surface area contributed by atoms with Crippen LogP contribution in [0.2, 0.25) is 0 Å². The quantitative estimate of drug-likeness (QED) is 0.809. The smallest absolute Gasteiger partial charge is 0.412 e. The predicted molar refractivity (Wildman–Crippen MR) is 103 cm³/mol. The summed E-state index contributed by atoms with van der Waals surface area (Å²) in [5, 5.41) is 0. The molecular weight excluding hydrogens is 344 g/mol. The van der Waals surface area contributed by atoms with E-state index in [1.54, 1.807) is 4.90 Å². The molecule has 0 saturated carbocycles. The van der Waals surface area contributed by atoms with Gasteiger partial charge in [0, 0.05) is 19.6 Å². The van der Waals surface area contributed by atoms with Gasteiger partial charge in [0.15, 0.2) is 0 Å². The standard InChI is InChI=1S/C21H32N2O4/c1-20(2,3)27-19(24)23-17(15-22-11-13-25-14-12-22)18(26-21(23,4)5)16-9-7-6-8-10-16/h6-10,17-18H,11-15H2,1-5H3/t17-,18-/m0/s1. The molecule has 1 aromatic rings. The number of hydrogen-bond donors (Lipinski definition) is 0. The molecule has 0 unspecified atom stereocenters. The molecule has 0 N–H and O–H groups in total. The van der Waals surface area contributed by atoms with Gasteiger partial charge in [0.2, 0.25) is 0 Å². The second-order valence-corrected chi connectivity index (χ2v) is 8.73. The Morgan fingerprint density at radius 1 is 1.19 bits per heavy atom. The zero-order valence-corrected chi connectivity index (χ0v) is 17.1. The third kappa shape index (κ3) is 4.81. The van der Waals surface area contributed by atoms with Crippen molar-refractivity contribution in [2.45, 2.75) is 58.1 Å². The average molecular weight is 376 g/mol. The van der Waals surface area contributed by atoms with Gasteiger partial charge in [0.05, 0.1) is 19.3 Å². The molecule has 2 aliphatic heterocycles. The highest BCUT2D eigenvalue weighted by Crippen LogP contribution is 2.42. The number of morpholine rings is 1. The van der Waals surface area contributed by atoms with E-state index in [1.807, 2.05) is 52.8 Å². The first-order valence-corrected chi connectivity index (χ1v) is 9.72. The van der Waals surface area contributed by atoms with Crippen molar-refractivity contribution in [1.29, 1.82) is 0 Å². The van der Waals surface area contributed by atoms with Crippen molar-refractivity contribution in [2.75, 3.05) is 32.8 Å². The fourth-order valence-electron chi connectivity index (χ4n) is 3.81. The normalized spacial score (nSPS) is 26.2. The second kappa shape index (κ2) is 7.78. The molecule has 2 atom stereocenters. The van der Waals surface area contributed by atoms with Crippen molar-refractivity contribution in [2.24, 2.45) is 0 Å². The third-order valence-electron chi connectivity index (χ3n) is 4.94. The molecule has 0 aliphatic carbocycles. The summed E-state index contributed by atoms with van der Waals surface area (Å²) >= 11 is 0. The van der Waals surface area contributed by atoms with Crippen LogP contribution < -0.4 is 0 Å². The van der Waals surface area contributed by atoms with Gasteiger partial charge in [-0.1, -0.05) is 30.3 Å². The van der Waals surface area contributed by atoms with Crippen LogP contribution in [0.25, 0.3) is 0 Å². The highest BCUT2D eigenvalue weighted by atomic mass is 16.6. The molecule has 6 nitrogen and oxygen atoms in total. The molecule has 2 saturated heterocycles. The van der Waals surface area contributed by atoms with Crippen LogP contribution >= 0.6 is 0 Å². The summed E-state index contributed by atoms with van der Waals surface area (Å²) in [6.07, 6.45) is -0.527. The monoisotopic (exact) mass is 376 g/mol. The Bertz CT molecular complexity index is 635. The predicted octanol–water partition coefficient (Wildman–Crippen LogP) is 3.43. The Morgan fingerprint density at radius 2 is 1.81 bits per heavy atom. The van der Waals surface area contributed by atoms with Crippen molar-refractivity contribution in [3.05, 3.63) is 35.9 Å². The molecule has 150 valence electrons. The van der Waals surface area contributed by atoms with Gasteiger partial charge in [-0.3, -0.25) is 9.80 Å². The first-order chi connectivity index (χ1) is 12.7.